The van der Waals surface area contributed by atoms with Crippen molar-refractivity contribution in [2.45, 2.75) is 37.2 Å². The molecule has 0 amide bonds. The molecule has 0 saturated heterocycles. The van der Waals surface area contributed by atoms with Crippen molar-refractivity contribution in [2.24, 2.45) is 0 Å². The minimum absolute atomic E-state index is 0.465. The normalized spacial score (nSPS) is 11.1. The molecular formula is C14H20N2OS. The van der Waals surface area contributed by atoms with Gasteiger partial charge in [0.2, 0.25) is 0 Å². The third kappa shape index (κ3) is 3.41. The number of nitrogens with one attached hydrogen (secondary N) is 1. The van der Waals surface area contributed by atoms with Gasteiger partial charge in [0.25, 0.3) is 0 Å². The van der Waals surface area contributed by atoms with Crippen LogP contribution >= 0.6 is 11.8 Å². The van der Waals surface area contributed by atoms with Crippen molar-refractivity contribution in [3.05, 3.63) is 23.8 Å². The number of nitriles is 1. The predicted octanol–water partition coefficient (Wildman–Crippen LogP) is 3.24. The Morgan fingerprint density at radius 2 is 2.06 bits per heavy atom. The van der Waals surface area contributed by atoms with Crippen LogP contribution in [0.4, 0.5) is 5.69 Å². The van der Waals surface area contributed by atoms with Gasteiger partial charge in [-0.05, 0) is 31.2 Å². The maximum absolute atomic E-state index is 10.2. The van der Waals surface area contributed by atoms with E-state index in [0.717, 1.165) is 10.6 Å². The molecule has 0 heterocycles. The fraction of sp³-hybridized carbons (Fsp3) is 0.500. The standard InChI is InChI=1S/C14H20N2OS/c1-4-14(17,5-2)10-16-12-7-6-8-13(18-3)11(12)9-15/h6-8,16-17H,4-5,10H2,1-3H3. The van der Waals surface area contributed by atoms with Crippen LogP contribution in [0.2, 0.25) is 0 Å². The lowest BCUT2D eigenvalue weighted by molar-refractivity contribution is 0.0457. The van der Waals surface area contributed by atoms with E-state index >= 15 is 0 Å². The molecule has 0 aliphatic heterocycles. The first-order valence-electron chi connectivity index (χ1n) is 6.13. The average Bonchev–Trinajstić information content (AvgIpc) is 2.44. The lowest BCUT2D eigenvalue weighted by Gasteiger charge is -2.26. The molecule has 0 atom stereocenters. The Morgan fingerprint density at radius 1 is 1.39 bits per heavy atom. The van der Waals surface area contributed by atoms with Crippen LogP contribution in [-0.2, 0) is 0 Å². The first kappa shape index (κ1) is 14.9. The molecule has 0 aliphatic rings. The summed E-state index contributed by atoms with van der Waals surface area (Å²) in [5.74, 6) is 0. The Kier molecular flexibility index (Phi) is 5.52. The molecule has 4 heteroatoms. The van der Waals surface area contributed by atoms with E-state index < -0.39 is 5.60 Å². The van der Waals surface area contributed by atoms with Crippen molar-refractivity contribution in [2.75, 3.05) is 18.1 Å². The average molecular weight is 264 g/mol. The number of benzene rings is 1. The monoisotopic (exact) mass is 264 g/mol. The summed E-state index contributed by atoms with van der Waals surface area (Å²) in [6.45, 7) is 4.40. The van der Waals surface area contributed by atoms with Gasteiger partial charge in [0, 0.05) is 11.4 Å². The van der Waals surface area contributed by atoms with Gasteiger partial charge < -0.3 is 10.4 Å². The summed E-state index contributed by atoms with van der Waals surface area (Å²) < 4.78 is 0. The summed E-state index contributed by atoms with van der Waals surface area (Å²) in [6, 6.07) is 7.95. The Labute approximate surface area is 113 Å². The minimum atomic E-state index is -0.706. The fourth-order valence-corrected chi connectivity index (χ4v) is 2.30. The van der Waals surface area contributed by atoms with Crippen molar-refractivity contribution < 1.29 is 5.11 Å². The molecule has 1 aromatic rings. The van der Waals surface area contributed by atoms with Gasteiger partial charge in [-0.3, -0.25) is 0 Å². The van der Waals surface area contributed by atoms with E-state index in [9.17, 15) is 10.4 Å². The summed E-state index contributed by atoms with van der Waals surface area (Å²) in [6.07, 6.45) is 3.34. The molecule has 0 aromatic heterocycles. The molecule has 0 saturated carbocycles. The van der Waals surface area contributed by atoms with Crippen molar-refractivity contribution in [3.8, 4) is 6.07 Å². The maximum Gasteiger partial charge on any atom is 0.102 e. The van der Waals surface area contributed by atoms with E-state index in [0.29, 0.717) is 24.9 Å². The number of rotatable bonds is 6. The van der Waals surface area contributed by atoms with Gasteiger partial charge in [-0.15, -0.1) is 11.8 Å². The van der Waals surface area contributed by atoms with Crippen LogP contribution in [0.5, 0.6) is 0 Å². The van der Waals surface area contributed by atoms with E-state index in [4.69, 9.17) is 0 Å². The van der Waals surface area contributed by atoms with Gasteiger partial charge in [0.1, 0.15) is 6.07 Å². The first-order valence-corrected chi connectivity index (χ1v) is 7.36. The molecule has 0 aliphatic carbocycles. The SMILES string of the molecule is CCC(O)(CC)CNc1cccc(SC)c1C#N. The van der Waals surface area contributed by atoms with Gasteiger partial charge in [-0.2, -0.15) is 5.26 Å². The number of aliphatic hydroxyl groups is 1. The van der Waals surface area contributed by atoms with Crippen molar-refractivity contribution >= 4 is 17.4 Å². The highest BCUT2D eigenvalue weighted by Gasteiger charge is 2.22. The molecule has 1 rings (SSSR count). The number of thioether (sulfide) groups is 1. The zero-order valence-electron chi connectivity index (χ0n) is 11.2. The van der Waals surface area contributed by atoms with E-state index in [1.807, 2.05) is 38.3 Å². The summed E-state index contributed by atoms with van der Waals surface area (Å²) in [7, 11) is 0. The van der Waals surface area contributed by atoms with Crippen LogP contribution in [0.1, 0.15) is 32.3 Å². The highest BCUT2D eigenvalue weighted by atomic mass is 32.2. The lowest BCUT2D eigenvalue weighted by Crippen LogP contribution is -2.35. The quantitative estimate of drug-likeness (QED) is 0.774. The van der Waals surface area contributed by atoms with Crippen molar-refractivity contribution in [1.82, 2.24) is 0 Å². The summed E-state index contributed by atoms with van der Waals surface area (Å²) in [4.78, 5) is 0.957. The third-order valence-electron chi connectivity index (χ3n) is 3.28. The van der Waals surface area contributed by atoms with E-state index in [2.05, 4.69) is 11.4 Å². The number of hydrogen-bond donors (Lipinski definition) is 2. The van der Waals surface area contributed by atoms with Crippen molar-refractivity contribution in [3.63, 3.8) is 0 Å². The molecule has 1 aromatic carbocycles. The van der Waals surface area contributed by atoms with Gasteiger partial charge >= 0.3 is 0 Å². The third-order valence-corrected chi connectivity index (χ3v) is 4.06. The Hall–Kier alpha value is -1.18. The zero-order valence-corrected chi connectivity index (χ0v) is 12.0. The summed E-state index contributed by atoms with van der Waals surface area (Å²) in [5, 5.41) is 22.6. The van der Waals surface area contributed by atoms with Gasteiger partial charge in [-0.25, -0.2) is 0 Å². The molecule has 3 nitrogen and oxygen atoms in total. The lowest BCUT2D eigenvalue weighted by atomic mass is 9.97. The Balaban J connectivity index is 2.89. The molecule has 2 N–H and O–H groups in total. The molecular weight excluding hydrogens is 244 g/mol. The molecule has 0 radical (unpaired) electrons. The highest BCUT2D eigenvalue weighted by molar-refractivity contribution is 7.98. The molecule has 18 heavy (non-hydrogen) atoms. The topological polar surface area (TPSA) is 56.0 Å². The van der Waals surface area contributed by atoms with Crippen LogP contribution in [-0.4, -0.2) is 23.5 Å². The van der Waals surface area contributed by atoms with Gasteiger partial charge in [-0.1, -0.05) is 19.9 Å². The molecule has 0 spiro atoms. The van der Waals surface area contributed by atoms with E-state index in [-0.39, 0.29) is 0 Å². The molecule has 0 fully saturated rings. The highest BCUT2D eigenvalue weighted by Crippen LogP contribution is 2.27. The second kappa shape index (κ2) is 6.67. The molecule has 0 bridgehead atoms. The Bertz CT molecular complexity index is 436. The molecule has 98 valence electrons. The molecule has 0 unspecified atom stereocenters. The first-order chi connectivity index (χ1) is 8.60. The van der Waals surface area contributed by atoms with Crippen molar-refractivity contribution in [1.29, 1.82) is 5.26 Å². The zero-order chi connectivity index (χ0) is 13.6. The smallest absolute Gasteiger partial charge is 0.102 e. The minimum Gasteiger partial charge on any atom is -0.388 e. The van der Waals surface area contributed by atoms with Crippen LogP contribution in [0, 0.1) is 11.3 Å². The van der Waals surface area contributed by atoms with Gasteiger partial charge in [0.05, 0.1) is 16.9 Å². The van der Waals surface area contributed by atoms with E-state index in [1.165, 1.54) is 0 Å². The van der Waals surface area contributed by atoms with Gasteiger partial charge in [0.15, 0.2) is 0 Å². The Morgan fingerprint density at radius 3 is 2.56 bits per heavy atom. The number of anilines is 1. The largest absolute Gasteiger partial charge is 0.388 e. The van der Waals surface area contributed by atoms with Crippen LogP contribution in [0.3, 0.4) is 0 Å². The number of nitrogens with zero attached hydrogens (tertiary/aromatic N) is 1. The summed E-state index contributed by atoms with van der Waals surface area (Å²) in [5.41, 5.74) is 0.742. The fourth-order valence-electron chi connectivity index (χ4n) is 1.72. The number of hydrogen-bond acceptors (Lipinski definition) is 4. The van der Waals surface area contributed by atoms with Crippen LogP contribution in [0.25, 0.3) is 0 Å². The van der Waals surface area contributed by atoms with Crippen LogP contribution in [0.15, 0.2) is 23.1 Å². The summed E-state index contributed by atoms with van der Waals surface area (Å²) >= 11 is 1.55. The van der Waals surface area contributed by atoms with E-state index in [1.54, 1.807) is 11.8 Å². The van der Waals surface area contributed by atoms with Crippen LogP contribution < -0.4 is 5.32 Å². The predicted molar refractivity (Wildman–Crippen MR) is 77.0 cm³/mol. The maximum atomic E-state index is 10.2. The second-order valence-corrected chi connectivity index (χ2v) is 5.13. The second-order valence-electron chi connectivity index (χ2n) is 4.28.